The second-order valence-electron chi connectivity index (χ2n) is 5.32. The monoisotopic (exact) mass is 341 g/mol. The number of hydrogen-bond donors (Lipinski definition) is 2. The highest BCUT2D eigenvalue weighted by molar-refractivity contribution is 5.95. The van der Waals surface area contributed by atoms with Gasteiger partial charge in [-0.2, -0.15) is 13.2 Å². The lowest BCUT2D eigenvalue weighted by molar-refractivity contribution is -0.189. The molecule has 4 nitrogen and oxygen atoms in total. The lowest BCUT2D eigenvalue weighted by Gasteiger charge is -2.14. The molecule has 0 saturated heterocycles. The van der Waals surface area contributed by atoms with Crippen molar-refractivity contribution in [3.05, 3.63) is 35.9 Å². The van der Waals surface area contributed by atoms with Crippen LogP contribution in [-0.2, 0) is 11.2 Å². The van der Waals surface area contributed by atoms with Crippen molar-refractivity contribution in [1.82, 2.24) is 5.32 Å². The van der Waals surface area contributed by atoms with E-state index in [4.69, 9.17) is 0 Å². The molecule has 0 saturated carbocycles. The van der Waals surface area contributed by atoms with Gasteiger partial charge in [0.25, 0.3) is 0 Å². The lowest BCUT2D eigenvalue weighted by atomic mass is 10.0. The third kappa shape index (κ3) is 4.17. The summed E-state index contributed by atoms with van der Waals surface area (Å²) in [5.41, 5.74) is 0.763. The van der Waals surface area contributed by atoms with Crippen molar-refractivity contribution in [2.45, 2.75) is 25.9 Å². The number of carbonyl (C=O) groups is 1. The number of alkyl halides is 3. The highest BCUT2D eigenvalue weighted by Crippen LogP contribution is 2.38. The number of carbonyl (C=O) groups excluding carboxylic acids is 1. The van der Waals surface area contributed by atoms with Crippen LogP contribution in [0, 0.1) is 0 Å². The number of phenolic OH excluding ortho intramolecular Hbond substituents is 1. The van der Waals surface area contributed by atoms with Gasteiger partial charge in [0.15, 0.2) is 11.5 Å². The first kappa shape index (κ1) is 18.1. The zero-order valence-corrected chi connectivity index (χ0v) is 13.1. The molecule has 2 rings (SSSR count). The molecule has 0 atom stereocenters. The van der Waals surface area contributed by atoms with Crippen LogP contribution in [0.4, 0.5) is 13.2 Å². The van der Waals surface area contributed by atoms with Gasteiger partial charge in [0, 0.05) is 5.39 Å². The Balaban J connectivity index is 2.37. The Morgan fingerprint density at radius 3 is 2.50 bits per heavy atom. The van der Waals surface area contributed by atoms with Gasteiger partial charge in [-0.15, -0.1) is 0 Å². The molecule has 0 heterocycles. The molecule has 0 aliphatic rings. The summed E-state index contributed by atoms with van der Waals surface area (Å²) >= 11 is 0. The minimum atomic E-state index is -5.13. The quantitative estimate of drug-likeness (QED) is 0.479. The van der Waals surface area contributed by atoms with Crippen LogP contribution in [0.2, 0.25) is 0 Å². The number of aromatic hydroxyl groups is 1. The topological polar surface area (TPSA) is 58.6 Å². The van der Waals surface area contributed by atoms with E-state index in [1.54, 1.807) is 18.2 Å². The summed E-state index contributed by atoms with van der Waals surface area (Å²) < 4.78 is 41.7. The fourth-order valence-electron chi connectivity index (χ4n) is 2.40. The molecule has 0 aromatic heterocycles. The van der Waals surface area contributed by atoms with E-state index in [0.717, 1.165) is 18.5 Å². The van der Waals surface area contributed by atoms with Crippen LogP contribution >= 0.6 is 0 Å². The second-order valence-corrected chi connectivity index (χ2v) is 5.32. The summed E-state index contributed by atoms with van der Waals surface area (Å²) in [6.45, 7) is 3.56. The van der Waals surface area contributed by atoms with Crippen molar-refractivity contribution >= 4 is 16.7 Å². The minimum absolute atomic E-state index is 0.264. The summed E-state index contributed by atoms with van der Waals surface area (Å²) in [4.78, 5) is 11.1. The smallest absolute Gasteiger partial charge is 0.491 e. The Morgan fingerprint density at radius 1 is 1.21 bits per heavy atom. The molecule has 130 valence electrons. The van der Waals surface area contributed by atoms with Gasteiger partial charge >= 0.3 is 12.1 Å². The number of halogens is 3. The molecule has 0 aliphatic heterocycles. The maximum Gasteiger partial charge on any atom is 0.491 e. The molecule has 2 aromatic rings. The molecule has 7 heteroatoms. The highest BCUT2D eigenvalue weighted by Gasteiger charge is 2.42. The summed E-state index contributed by atoms with van der Waals surface area (Å²) in [6.07, 6.45) is -3.56. The summed E-state index contributed by atoms with van der Waals surface area (Å²) in [6, 6.07) is 7.91. The van der Waals surface area contributed by atoms with Crippen molar-refractivity contribution in [3.63, 3.8) is 0 Å². The van der Waals surface area contributed by atoms with E-state index < -0.39 is 23.6 Å². The van der Waals surface area contributed by atoms with E-state index in [1.807, 2.05) is 6.92 Å². The van der Waals surface area contributed by atoms with E-state index in [0.29, 0.717) is 18.4 Å². The molecule has 24 heavy (non-hydrogen) atoms. The van der Waals surface area contributed by atoms with Gasteiger partial charge in [-0.3, -0.25) is 0 Å². The average molecular weight is 341 g/mol. The van der Waals surface area contributed by atoms with Gasteiger partial charge < -0.3 is 15.2 Å². The molecule has 0 spiro atoms. The Morgan fingerprint density at radius 2 is 1.88 bits per heavy atom. The zero-order chi connectivity index (χ0) is 17.7. The number of fused-ring (bicyclic) bond motifs is 1. The van der Waals surface area contributed by atoms with Gasteiger partial charge in [-0.05, 0) is 42.9 Å². The summed E-state index contributed by atoms with van der Waals surface area (Å²) in [5.74, 6) is -3.32. The van der Waals surface area contributed by atoms with Gasteiger partial charge in [-0.1, -0.05) is 31.2 Å². The molecule has 0 bridgehead atoms. The maximum atomic E-state index is 12.4. The fourth-order valence-corrected chi connectivity index (χ4v) is 2.40. The Labute approximate surface area is 137 Å². The zero-order valence-electron chi connectivity index (χ0n) is 13.1. The first-order chi connectivity index (χ1) is 11.3. The third-order valence-electron chi connectivity index (χ3n) is 3.49. The van der Waals surface area contributed by atoms with Crippen LogP contribution in [0.15, 0.2) is 30.3 Å². The summed E-state index contributed by atoms with van der Waals surface area (Å²) in [5, 5.41) is 14.2. The van der Waals surface area contributed by atoms with Crippen molar-refractivity contribution in [2.75, 3.05) is 13.1 Å². The van der Waals surface area contributed by atoms with Crippen LogP contribution in [0.3, 0.4) is 0 Å². The normalized spacial score (nSPS) is 11.7. The van der Waals surface area contributed by atoms with E-state index in [9.17, 15) is 23.1 Å². The van der Waals surface area contributed by atoms with Crippen molar-refractivity contribution in [2.24, 2.45) is 0 Å². The van der Waals surface area contributed by atoms with Crippen molar-refractivity contribution < 1.29 is 27.8 Å². The van der Waals surface area contributed by atoms with E-state index in [1.165, 1.54) is 12.1 Å². The first-order valence-corrected chi connectivity index (χ1v) is 7.58. The molecular formula is C17H18F3NO3. The van der Waals surface area contributed by atoms with Crippen molar-refractivity contribution in [3.8, 4) is 11.5 Å². The predicted octanol–water partition coefficient (Wildman–Crippen LogP) is 3.56. The third-order valence-corrected chi connectivity index (χ3v) is 3.49. The number of benzene rings is 2. The first-order valence-electron chi connectivity index (χ1n) is 7.58. The van der Waals surface area contributed by atoms with Crippen LogP contribution < -0.4 is 10.1 Å². The van der Waals surface area contributed by atoms with Gasteiger partial charge in [-0.25, -0.2) is 4.79 Å². The van der Waals surface area contributed by atoms with Crippen LogP contribution in [0.25, 0.3) is 10.8 Å². The molecule has 2 aromatic carbocycles. The lowest BCUT2D eigenvalue weighted by Crippen LogP contribution is -2.28. The summed E-state index contributed by atoms with van der Waals surface area (Å²) in [7, 11) is 0. The molecule has 0 fully saturated rings. The van der Waals surface area contributed by atoms with E-state index in [-0.39, 0.29) is 5.39 Å². The molecule has 0 aliphatic carbocycles. The minimum Gasteiger partial charge on any atom is -0.504 e. The number of nitrogens with one attached hydrogen (secondary N) is 1. The predicted molar refractivity (Wildman–Crippen MR) is 84.2 cm³/mol. The molecule has 0 amide bonds. The van der Waals surface area contributed by atoms with Gasteiger partial charge in [0.05, 0.1) is 0 Å². The van der Waals surface area contributed by atoms with Crippen LogP contribution in [0.5, 0.6) is 11.5 Å². The highest BCUT2D eigenvalue weighted by atomic mass is 19.4. The van der Waals surface area contributed by atoms with Gasteiger partial charge in [0.1, 0.15) is 0 Å². The number of hydrogen-bond acceptors (Lipinski definition) is 4. The fraction of sp³-hybridized carbons (Fsp3) is 0.353. The number of esters is 1. The molecular weight excluding hydrogens is 323 g/mol. The van der Waals surface area contributed by atoms with Crippen LogP contribution in [-0.4, -0.2) is 30.3 Å². The maximum absolute atomic E-state index is 12.4. The number of phenols is 1. The second kappa shape index (κ2) is 7.53. The van der Waals surface area contributed by atoms with E-state index in [2.05, 4.69) is 10.1 Å². The Hall–Kier alpha value is -2.28. The SMILES string of the molecule is CCCNCCc1cc(O)c(OC(=O)C(F)(F)F)c2ccccc12. The Bertz CT molecular complexity index is 729. The van der Waals surface area contributed by atoms with Crippen LogP contribution in [0.1, 0.15) is 18.9 Å². The Kier molecular flexibility index (Phi) is 5.66. The standard InChI is InChI=1S/C17H18F3NO3/c1-2-8-21-9-7-11-10-14(22)15(24-16(23)17(18,19)20)13-6-4-3-5-12(11)13/h3-6,10,21-22H,2,7-9H2,1H3. The number of ether oxygens (including phenoxy) is 1. The van der Waals surface area contributed by atoms with E-state index >= 15 is 0 Å². The molecule has 0 unspecified atom stereocenters. The number of rotatable bonds is 6. The molecule has 0 radical (unpaired) electrons. The average Bonchev–Trinajstić information content (AvgIpc) is 2.53. The van der Waals surface area contributed by atoms with Gasteiger partial charge in [0.2, 0.25) is 0 Å². The molecule has 2 N–H and O–H groups in total. The van der Waals surface area contributed by atoms with Crippen molar-refractivity contribution in [1.29, 1.82) is 0 Å². The largest absolute Gasteiger partial charge is 0.504 e.